The van der Waals surface area contributed by atoms with Gasteiger partial charge in [-0.2, -0.15) is 0 Å². The number of nitrogen functional groups attached to an aromatic ring is 1. The lowest BCUT2D eigenvalue weighted by Crippen LogP contribution is -2.36. The first-order valence-electron chi connectivity index (χ1n) is 7.28. The molecule has 1 fully saturated rings. The van der Waals surface area contributed by atoms with E-state index in [1.807, 2.05) is 6.07 Å². The first-order valence-corrected chi connectivity index (χ1v) is 7.28. The van der Waals surface area contributed by atoms with Gasteiger partial charge in [0.2, 0.25) is 0 Å². The second-order valence-corrected chi connectivity index (χ2v) is 5.75. The van der Waals surface area contributed by atoms with E-state index in [9.17, 15) is 0 Å². The topological polar surface area (TPSA) is 34.2 Å². The Kier molecular flexibility index (Phi) is 3.47. The van der Waals surface area contributed by atoms with Crippen LogP contribution in [-0.4, -0.2) is 29.1 Å². The van der Waals surface area contributed by atoms with Crippen molar-refractivity contribution < 1.29 is 0 Å². The van der Waals surface area contributed by atoms with Crippen molar-refractivity contribution >= 4 is 16.6 Å². The smallest absolute Gasteiger partial charge is 0.0481 e. The molecule has 3 heteroatoms. The molecule has 1 aromatic heterocycles. The lowest BCUT2D eigenvalue weighted by atomic mass is 10.0. The molecule has 0 aliphatic carbocycles. The van der Waals surface area contributed by atoms with Crippen LogP contribution >= 0.6 is 0 Å². The standard InChI is InChI=1S/C16H23N3/c1-18-9-3-2-4-15(18)8-11-19-10-7-13-12-14(17)5-6-16(13)19/h5-7,10,12,15H,2-4,8-9,11,17H2,1H3. The summed E-state index contributed by atoms with van der Waals surface area (Å²) in [5.41, 5.74) is 7.97. The first kappa shape index (κ1) is 12.5. The van der Waals surface area contributed by atoms with Gasteiger partial charge in [0, 0.05) is 35.4 Å². The van der Waals surface area contributed by atoms with Gasteiger partial charge in [-0.1, -0.05) is 6.42 Å². The van der Waals surface area contributed by atoms with Crippen molar-refractivity contribution in [2.24, 2.45) is 0 Å². The summed E-state index contributed by atoms with van der Waals surface area (Å²) in [7, 11) is 2.26. The number of hydrogen-bond acceptors (Lipinski definition) is 2. The largest absolute Gasteiger partial charge is 0.399 e. The van der Waals surface area contributed by atoms with Gasteiger partial charge >= 0.3 is 0 Å². The minimum Gasteiger partial charge on any atom is -0.399 e. The lowest BCUT2D eigenvalue weighted by Gasteiger charge is -2.32. The molecule has 1 aromatic carbocycles. The third-order valence-electron chi connectivity index (χ3n) is 4.42. The van der Waals surface area contributed by atoms with Gasteiger partial charge in [0.25, 0.3) is 0 Å². The Morgan fingerprint density at radius 2 is 2.16 bits per heavy atom. The highest BCUT2D eigenvalue weighted by Crippen LogP contribution is 2.22. The van der Waals surface area contributed by atoms with E-state index in [2.05, 4.69) is 40.9 Å². The van der Waals surface area contributed by atoms with Gasteiger partial charge in [-0.15, -0.1) is 0 Å². The molecule has 1 unspecified atom stereocenters. The number of likely N-dealkylation sites (tertiary alicyclic amines) is 1. The molecule has 1 saturated heterocycles. The molecule has 2 N–H and O–H groups in total. The molecule has 19 heavy (non-hydrogen) atoms. The minimum atomic E-state index is 0.750. The van der Waals surface area contributed by atoms with E-state index in [0.717, 1.165) is 18.3 Å². The van der Waals surface area contributed by atoms with Crippen molar-refractivity contribution in [3.63, 3.8) is 0 Å². The monoisotopic (exact) mass is 257 g/mol. The number of aromatic nitrogens is 1. The summed E-state index contributed by atoms with van der Waals surface area (Å²) in [4.78, 5) is 2.52. The molecule has 0 spiro atoms. The predicted molar refractivity (Wildman–Crippen MR) is 81.2 cm³/mol. The summed E-state index contributed by atoms with van der Waals surface area (Å²) in [5, 5.41) is 1.25. The molecule has 1 atom stereocenters. The van der Waals surface area contributed by atoms with Crippen LogP contribution in [0.5, 0.6) is 0 Å². The summed E-state index contributed by atoms with van der Waals surface area (Å²) in [6.07, 6.45) is 7.52. The van der Waals surface area contributed by atoms with E-state index in [4.69, 9.17) is 5.73 Å². The van der Waals surface area contributed by atoms with Gasteiger partial charge in [0.05, 0.1) is 0 Å². The van der Waals surface area contributed by atoms with Crippen molar-refractivity contribution in [2.75, 3.05) is 19.3 Å². The van der Waals surface area contributed by atoms with E-state index < -0.39 is 0 Å². The zero-order chi connectivity index (χ0) is 13.2. The Bertz CT molecular complexity index is 558. The molecule has 2 heterocycles. The molecule has 1 aliphatic rings. The predicted octanol–water partition coefficient (Wildman–Crippen LogP) is 3.10. The summed E-state index contributed by atoms with van der Waals surface area (Å²) < 4.78 is 2.36. The highest BCUT2D eigenvalue weighted by Gasteiger charge is 2.18. The average Bonchev–Trinajstić information content (AvgIpc) is 2.80. The maximum absolute atomic E-state index is 5.83. The molecule has 1 aliphatic heterocycles. The van der Waals surface area contributed by atoms with Crippen LogP contribution in [0.1, 0.15) is 25.7 Å². The average molecular weight is 257 g/mol. The zero-order valence-corrected chi connectivity index (χ0v) is 11.7. The molecule has 102 valence electrons. The Labute approximate surface area is 115 Å². The van der Waals surface area contributed by atoms with Crippen LogP contribution < -0.4 is 5.73 Å². The van der Waals surface area contributed by atoms with Gasteiger partial charge in [0.15, 0.2) is 0 Å². The maximum atomic E-state index is 5.83. The van der Waals surface area contributed by atoms with Crippen LogP contribution in [0, 0.1) is 0 Å². The number of anilines is 1. The maximum Gasteiger partial charge on any atom is 0.0481 e. The summed E-state index contributed by atoms with van der Waals surface area (Å²) >= 11 is 0. The van der Waals surface area contributed by atoms with Gasteiger partial charge in [-0.05, 0) is 57.1 Å². The van der Waals surface area contributed by atoms with Gasteiger partial charge in [0.1, 0.15) is 0 Å². The van der Waals surface area contributed by atoms with Crippen LogP contribution in [0.3, 0.4) is 0 Å². The second-order valence-electron chi connectivity index (χ2n) is 5.75. The fourth-order valence-corrected chi connectivity index (χ4v) is 3.21. The highest BCUT2D eigenvalue weighted by molar-refractivity contribution is 5.83. The number of nitrogens with zero attached hydrogens (tertiary/aromatic N) is 2. The number of aryl methyl sites for hydroxylation is 1. The van der Waals surface area contributed by atoms with Gasteiger partial charge in [-0.25, -0.2) is 0 Å². The summed E-state index contributed by atoms with van der Waals surface area (Å²) in [5.74, 6) is 0. The Morgan fingerprint density at radius 1 is 1.26 bits per heavy atom. The molecule has 2 aromatic rings. The molecular formula is C16H23N3. The van der Waals surface area contributed by atoms with Gasteiger partial charge < -0.3 is 15.2 Å². The molecule has 0 saturated carbocycles. The number of rotatable bonds is 3. The normalized spacial score (nSPS) is 21.0. The highest BCUT2D eigenvalue weighted by atomic mass is 15.1. The van der Waals surface area contributed by atoms with Crippen LogP contribution in [0.2, 0.25) is 0 Å². The SMILES string of the molecule is CN1CCCCC1CCn1ccc2cc(N)ccc21. The molecule has 0 radical (unpaired) electrons. The number of hydrogen-bond donors (Lipinski definition) is 1. The van der Waals surface area contributed by atoms with Crippen molar-refractivity contribution in [3.05, 3.63) is 30.5 Å². The molecule has 3 rings (SSSR count). The van der Waals surface area contributed by atoms with Crippen molar-refractivity contribution in [3.8, 4) is 0 Å². The lowest BCUT2D eigenvalue weighted by molar-refractivity contribution is 0.171. The van der Waals surface area contributed by atoms with Crippen LogP contribution in [0.4, 0.5) is 5.69 Å². The van der Waals surface area contributed by atoms with Crippen LogP contribution in [0.25, 0.3) is 10.9 Å². The zero-order valence-electron chi connectivity index (χ0n) is 11.7. The van der Waals surface area contributed by atoms with Crippen LogP contribution in [0.15, 0.2) is 30.5 Å². The quantitative estimate of drug-likeness (QED) is 0.857. The van der Waals surface area contributed by atoms with E-state index in [-0.39, 0.29) is 0 Å². The third kappa shape index (κ3) is 2.61. The Balaban J connectivity index is 1.71. The van der Waals surface area contributed by atoms with Gasteiger partial charge in [-0.3, -0.25) is 0 Å². The first-order chi connectivity index (χ1) is 9.24. The number of piperidine rings is 1. The van der Waals surface area contributed by atoms with E-state index in [1.54, 1.807) is 0 Å². The third-order valence-corrected chi connectivity index (χ3v) is 4.42. The fraction of sp³-hybridized carbons (Fsp3) is 0.500. The number of fused-ring (bicyclic) bond motifs is 1. The molecular weight excluding hydrogens is 234 g/mol. The minimum absolute atomic E-state index is 0.750. The van der Waals surface area contributed by atoms with Crippen molar-refractivity contribution in [1.82, 2.24) is 9.47 Å². The van der Waals surface area contributed by atoms with Crippen molar-refractivity contribution in [2.45, 2.75) is 38.3 Å². The number of benzene rings is 1. The second kappa shape index (κ2) is 5.25. The van der Waals surface area contributed by atoms with Crippen LogP contribution in [-0.2, 0) is 6.54 Å². The van der Waals surface area contributed by atoms with E-state index in [0.29, 0.717) is 0 Å². The summed E-state index contributed by atoms with van der Waals surface area (Å²) in [6.45, 7) is 2.36. The molecule has 0 amide bonds. The van der Waals surface area contributed by atoms with E-state index >= 15 is 0 Å². The Morgan fingerprint density at radius 3 is 3.00 bits per heavy atom. The molecule has 3 nitrogen and oxygen atoms in total. The summed E-state index contributed by atoms with van der Waals surface area (Å²) in [6, 6.07) is 9.09. The fourth-order valence-electron chi connectivity index (χ4n) is 3.21. The number of nitrogens with two attached hydrogens (primary N) is 1. The molecule has 0 bridgehead atoms. The van der Waals surface area contributed by atoms with Crippen molar-refractivity contribution in [1.29, 1.82) is 0 Å². The Hall–Kier alpha value is -1.48. The van der Waals surface area contributed by atoms with E-state index in [1.165, 1.54) is 43.1 Å².